The number of ether oxygens (including phenoxy) is 1. The number of carbonyl (C=O) groups excluding carboxylic acids is 1. The molecule has 5 nitrogen and oxygen atoms in total. The highest BCUT2D eigenvalue weighted by atomic mass is 16.5. The van der Waals surface area contributed by atoms with E-state index in [2.05, 4.69) is 41.1 Å². The molecule has 0 N–H and O–H groups in total. The third-order valence-corrected chi connectivity index (χ3v) is 7.43. The number of para-hydroxylation sites is 1. The summed E-state index contributed by atoms with van der Waals surface area (Å²) < 4.78 is 6.13. The molecule has 0 aromatic heterocycles. The Morgan fingerprint density at radius 1 is 0.970 bits per heavy atom. The van der Waals surface area contributed by atoms with E-state index in [0.717, 1.165) is 69.0 Å². The zero-order chi connectivity index (χ0) is 23.3. The molecule has 0 bridgehead atoms. The van der Waals surface area contributed by atoms with Gasteiger partial charge in [0.05, 0.1) is 0 Å². The summed E-state index contributed by atoms with van der Waals surface area (Å²) in [7, 11) is 6.24. The Hall–Kier alpha value is -2.53. The van der Waals surface area contributed by atoms with Crippen molar-refractivity contribution < 1.29 is 9.53 Å². The number of carbonyl (C=O) groups is 1. The fraction of sp³-hybridized carbons (Fsp3) is 0.536. The first-order chi connectivity index (χ1) is 16.0. The van der Waals surface area contributed by atoms with Gasteiger partial charge in [0.25, 0.3) is 5.91 Å². The normalized spacial score (nSPS) is 19.7. The highest BCUT2D eigenvalue weighted by molar-refractivity contribution is 5.95. The van der Waals surface area contributed by atoms with Crippen LogP contribution in [0.3, 0.4) is 0 Å². The summed E-state index contributed by atoms with van der Waals surface area (Å²) in [5.41, 5.74) is 3.48. The molecule has 1 amide bonds. The van der Waals surface area contributed by atoms with Gasteiger partial charge in [-0.25, -0.2) is 0 Å². The van der Waals surface area contributed by atoms with Crippen molar-refractivity contribution in [3.8, 4) is 5.75 Å². The minimum atomic E-state index is 0.167. The SMILES string of the molecule is CN1CCOc2ccccc2CCCCC2(CCN(C(=O)c3cccc(N(C)C)c3)CC2)C1. The quantitative estimate of drug-likeness (QED) is 0.665. The molecule has 2 aromatic rings. The molecule has 0 unspecified atom stereocenters. The summed E-state index contributed by atoms with van der Waals surface area (Å²) >= 11 is 0. The number of aryl methyl sites for hydroxylation is 1. The predicted octanol–water partition coefficient (Wildman–Crippen LogP) is 4.71. The van der Waals surface area contributed by atoms with E-state index in [-0.39, 0.29) is 11.3 Å². The molecule has 0 saturated carbocycles. The first-order valence-electron chi connectivity index (χ1n) is 12.4. The summed E-state index contributed by atoms with van der Waals surface area (Å²) in [5, 5.41) is 0. The van der Waals surface area contributed by atoms with Gasteiger partial charge in [-0.3, -0.25) is 4.79 Å². The lowest BCUT2D eigenvalue weighted by atomic mass is 9.73. The summed E-state index contributed by atoms with van der Waals surface area (Å²) in [5.74, 6) is 1.21. The molecule has 1 fully saturated rings. The van der Waals surface area contributed by atoms with Gasteiger partial charge in [-0.15, -0.1) is 0 Å². The molecule has 0 radical (unpaired) electrons. The number of amides is 1. The molecule has 2 heterocycles. The molecule has 0 atom stereocenters. The monoisotopic (exact) mass is 449 g/mol. The van der Waals surface area contributed by atoms with Crippen LogP contribution >= 0.6 is 0 Å². The number of piperidine rings is 1. The number of nitrogens with zero attached hydrogens (tertiary/aromatic N) is 3. The van der Waals surface area contributed by atoms with Crippen molar-refractivity contribution in [3.63, 3.8) is 0 Å². The predicted molar refractivity (Wildman–Crippen MR) is 135 cm³/mol. The molecule has 33 heavy (non-hydrogen) atoms. The molecule has 1 saturated heterocycles. The molecule has 1 spiro atoms. The van der Waals surface area contributed by atoms with E-state index in [4.69, 9.17) is 4.74 Å². The Labute approximate surface area is 199 Å². The fourth-order valence-electron chi connectivity index (χ4n) is 5.40. The maximum atomic E-state index is 13.2. The van der Waals surface area contributed by atoms with Crippen LogP contribution in [-0.2, 0) is 6.42 Å². The largest absolute Gasteiger partial charge is 0.492 e. The first-order valence-corrected chi connectivity index (χ1v) is 12.4. The van der Waals surface area contributed by atoms with Gasteiger partial charge in [-0.05, 0) is 74.4 Å². The van der Waals surface area contributed by atoms with E-state index in [9.17, 15) is 4.79 Å². The Morgan fingerprint density at radius 2 is 1.76 bits per heavy atom. The van der Waals surface area contributed by atoms with Gasteiger partial charge >= 0.3 is 0 Å². The molecule has 2 aliphatic heterocycles. The number of rotatable bonds is 2. The summed E-state index contributed by atoms with van der Waals surface area (Å²) in [4.78, 5) is 19.8. The minimum Gasteiger partial charge on any atom is -0.492 e. The number of hydrogen-bond donors (Lipinski definition) is 0. The average Bonchev–Trinajstić information content (AvgIpc) is 2.82. The van der Waals surface area contributed by atoms with Crippen LogP contribution in [-0.4, -0.2) is 69.6 Å². The van der Waals surface area contributed by atoms with Crippen LogP contribution in [0.2, 0.25) is 0 Å². The lowest BCUT2D eigenvalue weighted by molar-refractivity contribution is 0.0425. The van der Waals surface area contributed by atoms with E-state index in [0.29, 0.717) is 0 Å². The fourth-order valence-corrected chi connectivity index (χ4v) is 5.40. The van der Waals surface area contributed by atoms with E-state index in [1.165, 1.54) is 24.8 Å². The van der Waals surface area contributed by atoms with Crippen LogP contribution in [0.25, 0.3) is 0 Å². The third kappa shape index (κ3) is 5.89. The summed E-state index contributed by atoms with van der Waals surface area (Å²) in [6.45, 7) is 4.42. The molecule has 2 aromatic carbocycles. The smallest absolute Gasteiger partial charge is 0.253 e. The molecule has 2 aliphatic rings. The van der Waals surface area contributed by atoms with Crippen molar-refractivity contribution in [2.75, 3.05) is 58.8 Å². The highest BCUT2D eigenvalue weighted by Gasteiger charge is 2.36. The Balaban J connectivity index is 1.40. The van der Waals surface area contributed by atoms with Crippen molar-refractivity contribution in [1.29, 1.82) is 0 Å². The Kier molecular flexibility index (Phi) is 7.59. The van der Waals surface area contributed by atoms with Crippen molar-refractivity contribution in [2.24, 2.45) is 5.41 Å². The number of benzene rings is 2. The lowest BCUT2D eigenvalue weighted by Gasteiger charge is -2.44. The Morgan fingerprint density at radius 3 is 2.55 bits per heavy atom. The van der Waals surface area contributed by atoms with Gasteiger partial charge in [0.2, 0.25) is 0 Å². The van der Waals surface area contributed by atoms with E-state index < -0.39 is 0 Å². The Bertz CT molecular complexity index is 934. The van der Waals surface area contributed by atoms with Gasteiger partial charge in [-0.1, -0.05) is 30.7 Å². The number of anilines is 1. The summed E-state index contributed by atoms with van der Waals surface area (Å²) in [6, 6.07) is 16.5. The van der Waals surface area contributed by atoms with Crippen LogP contribution in [0.15, 0.2) is 48.5 Å². The standard InChI is InChI=1S/C28H39N3O2/c1-29(2)25-12-8-11-24(21-25)27(32)31-17-15-28(16-18-31)14-7-6-10-23-9-4-5-13-26(23)33-20-19-30(3)22-28/h4-5,8-9,11-13,21H,6-7,10,14-20,22H2,1-3H3. The van der Waals surface area contributed by atoms with E-state index >= 15 is 0 Å². The van der Waals surface area contributed by atoms with Gasteiger partial charge in [0, 0.05) is 51.5 Å². The molecular weight excluding hydrogens is 410 g/mol. The van der Waals surface area contributed by atoms with Crippen LogP contribution in [0, 0.1) is 5.41 Å². The molecule has 5 heteroatoms. The number of fused-ring (bicyclic) bond motifs is 1. The average molecular weight is 450 g/mol. The number of likely N-dealkylation sites (N-methyl/N-ethyl adjacent to an activating group) is 1. The zero-order valence-corrected chi connectivity index (χ0v) is 20.6. The second-order valence-electron chi connectivity index (χ2n) is 10.1. The van der Waals surface area contributed by atoms with Gasteiger partial charge in [-0.2, -0.15) is 0 Å². The van der Waals surface area contributed by atoms with Crippen molar-refractivity contribution in [3.05, 3.63) is 59.7 Å². The van der Waals surface area contributed by atoms with Crippen LogP contribution < -0.4 is 9.64 Å². The van der Waals surface area contributed by atoms with Crippen LogP contribution in [0.4, 0.5) is 5.69 Å². The molecular formula is C28H39N3O2. The third-order valence-electron chi connectivity index (χ3n) is 7.43. The van der Waals surface area contributed by atoms with E-state index in [1.807, 2.05) is 43.3 Å². The van der Waals surface area contributed by atoms with Crippen molar-refractivity contribution in [2.45, 2.75) is 38.5 Å². The first kappa shape index (κ1) is 23.6. The number of hydrogen-bond acceptors (Lipinski definition) is 4. The summed E-state index contributed by atoms with van der Waals surface area (Å²) in [6.07, 6.45) is 6.88. The van der Waals surface area contributed by atoms with E-state index in [1.54, 1.807) is 0 Å². The number of likely N-dealkylation sites (tertiary alicyclic amines) is 1. The van der Waals surface area contributed by atoms with Crippen molar-refractivity contribution in [1.82, 2.24) is 9.80 Å². The molecule has 0 aliphatic carbocycles. The molecule has 178 valence electrons. The van der Waals surface area contributed by atoms with Gasteiger partial charge in [0.1, 0.15) is 12.4 Å². The highest BCUT2D eigenvalue weighted by Crippen LogP contribution is 2.38. The molecule has 4 rings (SSSR count). The minimum absolute atomic E-state index is 0.167. The second-order valence-corrected chi connectivity index (χ2v) is 10.1. The topological polar surface area (TPSA) is 36.0 Å². The zero-order valence-electron chi connectivity index (χ0n) is 20.6. The maximum Gasteiger partial charge on any atom is 0.253 e. The maximum absolute atomic E-state index is 13.2. The second kappa shape index (κ2) is 10.6. The van der Waals surface area contributed by atoms with Crippen LogP contribution in [0.1, 0.15) is 48.0 Å². The van der Waals surface area contributed by atoms with Crippen molar-refractivity contribution >= 4 is 11.6 Å². The van der Waals surface area contributed by atoms with Gasteiger partial charge < -0.3 is 19.4 Å². The lowest BCUT2D eigenvalue weighted by Crippen LogP contribution is -2.48. The van der Waals surface area contributed by atoms with Crippen LogP contribution in [0.5, 0.6) is 5.75 Å². The van der Waals surface area contributed by atoms with Gasteiger partial charge in [0.15, 0.2) is 0 Å².